The monoisotopic (exact) mass is 220 g/mol. The molecule has 0 aliphatic heterocycles. The van der Waals surface area contributed by atoms with Gasteiger partial charge in [0.15, 0.2) is 0 Å². The maximum atomic E-state index is 11.1. The highest BCUT2D eigenvalue weighted by Crippen LogP contribution is 2.20. The Morgan fingerprint density at radius 2 is 2.06 bits per heavy atom. The van der Waals surface area contributed by atoms with Crippen LogP contribution in [0.1, 0.15) is 11.1 Å². The van der Waals surface area contributed by atoms with Crippen molar-refractivity contribution in [3.63, 3.8) is 0 Å². The number of fused-ring (bicyclic) bond motifs is 2. The van der Waals surface area contributed by atoms with Crippen molar-refractivity contribution < 1.29 is 4.42 Å². The highest BCUT2D eigenvalue weighted by atomic mass is 16.4. The molecule has 1 heterocycles. The van der Waals surface area contributed by atoms with Crippen LogP contribution in [0.4, 0.5) is 0 Å². The molecule has 0 amide bonds. The van der Waals surface area contributed by atoms with E-state index in [-0.39, 0.29) is 5.63 Å². The third-order valence-corrected chi connectivity index (χ3v) is 2.56. The Kier molecular flexibility index (Phi) is 2.16. The highest BCUT2D eigenvalue weighted by molar-refractivity contribution is 5.82. The van der Waals surface area contributed by atoms with E-state index in [9.17, 15) is 4.79 Å². The lowest BCUT2D eigenvalue weighted by Gasteiger charge is -2.02. The van der Waals surface area contributed by atoms with Crippen molar-refractivity contribution in [2.45, 2.75) is 0 Å². The third-order valence-electron chi connectivity index (χ3n) is 2.56. The molecule has 0 saturated heterocycles. The number of rotatable bonds is 0. The molecule has 80 valence electrons. The van der Waals surface area contributed by atoms with Crippen LogP contribution < -0.4 is 5.63 Å². The van der Waals surface area contributed by atoms with Crippen molar-refractivity contribution in [2.24, 2.45) is 0 Å². The number of benzene rings is 1. The fraction of sp³-hybridized carbons (Fsp3) is 0. The summed E-state index contributed by atoms with van der Waals surface area (Å²) >= 11 is 0. The van der Waals surface area contributed by atoms with Crippen molar-refractivity contribution in [2.75, 3.05) is 0 Å². The minimum atomic E-state index is -0.341. The molecule has 1 aromatic carbocycles. The third kappa shape index (κ3) is 1.79. The van der Waals surface area contributed by atoms with Gasteiger partial charge in [-0.1, -0.05) is 30.1 Å². The fourth-order valence-electron chi connectivity index (χ4n) is 1.76. The summed E-state index contributed by atoms with van der Waals surface area (Å²) in [7, 11) is 0. The molecule has 2 heteroatoms. The summed E-state index contributed by atoms with van der Waals surface area (Å²) in [5.41, 5.74) is 2.13. The van der Waals surface area contributed by atoms with Gasteiger partial charge < -0.3 is 4.42 Å². The van der Waals surface area contributed by atoms with E-state index < -0.39 is 0 Å². The van der Waals surface area contributed by atoms with Crippen LogP contribution in [0, 0.1) is 11.8 Å². The second-order valence-corrected chi connectivity index (χ2v) is 3.72. The first-order valence-corrected chi connectivity index (χ1v) is 5.26. The van der Waals surface area contributed by atoms with Gasteiger partial charge in [-0.05, 0) is 29.8 Å². The molecule has 1 aliphatic carbocycles. The van der Waals surface area contributed by atoms with Gasteiger partial charge in [0, 0.05) is 17.0 Å². The predicted octanol–water partition coefficient (Wildman–Crippen LogP) is 2.73. The minimum absolute atomic E-state index is 0.341. The molecule has 2 aromatic rings. The summed E-state index contributed by atoms with van der Waals surface area (Å²) in [6.45, 7) is 0. The van der Waals surface area contributed by atoms with Crippen LogP contribution in [-0.4, -0.2) is 0 Å². The summed E-state index contributed by atoms with van der Waals surface area (Å²) in [5, 5.41) is 0.902. The largest absolute Gasteiger partial charge is 0.423 e. The molecular weight excluding hydrogens is 212 g/mol. The van der Waals surface area contributed by atoms with E-state index in [2.05, 4.69) is 11.8 Å². The first kappa shape index (κ1) is 9.68. The summed E-state index contributed by atoms with van der Waals surface area (Å²) < 4.78 is 5.13. The molecule has 17 heavy (non-hydrogen) atoms. The normalized spacial score (nSPS) is 14.4. The van der Waals surface area contributed by atoms with Crippen molar-refractivity contribution in [1.29, 1.82) is 0 Å². The minimum Gasteiger partial charge on any atom is -0.423 e. The van der Waals surface area contributed by atoms with E-state index >= 15 is 0 Å². The fourth-order valence-corrected chi connectivity index (χ4v) is 1.76. The van der Waals surface area contributed by atoms with Crippen molar-refractivity contribution >= 4 is 17.0 Å². The second-order valence-electron chi connectivity index (χ2n) is 3.72. The van der Waals surface area contributed by atoms with Gasteiger partial charge in [0.2, 0.25) is 0 Å². The van der Waals surface area contributed by atoms with Gasteiger partial charge >= 0.3 is 5.63 Å². The molecule has 0 N–H and O–H groups in total. The molecule has 0 fully saturated rings. The molecule has 0 bridgehead atoms. The zero-order chi connectivity index (χ0) is 11.7. The predicted molar refractivity (Wildman–Crippen MR) is 67.5 cm³/mol. The van der Waals surface area contributed by atoms with Gasteiger partial charge in [-0.15, -0.1) is 0 Å². The number of hydrogen-bond acceptors (Lipinski definition) is 2. The maximum Gasteiger partial charge on any atom is 0.336 e. The molecule has 0 radical (unpaired) electrons. The SMILES string of the molecule is O=c1ccc2cc3c(cc2o1)C#C/C=C\C=C3. The van der Waals surface area contributed by atoms with Crippen LogP contribution in [0.5, 0.6) is 0 Å². The summed E-state index contributed by atoms with van der Waals surface area (Å²) in [5.74, 6) is 5.95. The average Bonchev–Trinajstić information content (AvgIpc) is 2.29. The van der Waals surface area contributed by atoms with Crippen LogP contribution in [0.25, 0.3) is 17.0 Å². The van der Waals surface area contributed by atoms with Gasteiger partial charge in [0.25, 0.3) is 0 Å². The number of hydrogen-bond donors (Lipinski definition) is 0. The Labute approximate surface area is 97.9 Å². The van der Waals surface area contributed by atoms with E-state index in [0.717, 1.165) is 16.5 Å². The first-order valence-electron chi connectivity index (χ1n) is 5.26. The molecule has 2 nitrogen and oxygen atoms in total. The van der Waals surface area contributed by atoms with E-state index in [1.54, 1.807) is 12.1 Å². The molecule has 1 aromatic heterocycles. The number of allylic oxidation sites excluding steroid dienone is 3. The maximum absolute atomic E-state index is 11.1. The zero-order valence-electron chi connectivity index (χ0n) is 8.94. The zero-order valence-corrected chi connectivity index (χ0v) is 8.94. The molecule has 0 spiro atoms. The molecule has 1 aliphatic rings. The first-order chi connectivity index (χ1) is 8.33. The molecule has 0 unspecified atom stereocenters. The van der Waals surface area contributed by atoms with Crippen LogP contribution >= 0.6 is 0 Å². The summed E-state index contributed by atoms with van der Waals surface area (Å²) in [6, 6.07) is 6.96. The quantitative estimate of drug-likeness (QED) is 0.504. The van der Waals surface area contributed by atoms with Crippen LogP contribution in [0.15, 0.2) is 51.7 Å². The van der Waals surface area contributed by atoms with Crippen LogP contribution in [0.3, 0.4) is 0 Å². The van der Waals surface area contributed by atoms with E-state index in [1.165, 1.54) is 6.07 Å². The Balaban J connectivity index is 2.36. The van der Waals surface area contributed by atoms with E-state index in [4.69, 9.17) is 4.42 Å². The second kappa shape index (κ2) is 3.80. The van der Waals surface area contributed by atoms with Gasteiger partial charge in [-0.2, -0.15) is 0 Å². The Morgan fingerprint density at radius 3 is 3.00 bits per heavy atom. The molecular formula is C15H8O2. The summed E-state index contributed by atoms with van der Waals surface area (Å²) in [4.78, 5) is 11.1. The standard InChI is InChI=1S/C15H8O2/c16-15-8-7-13-9-11-5-3-1-2-4-6-12(11)10-14(13)17-15/h1-3,5,7-10H/b2-1-,3-1?,5-3?,11-5?. The Morgan fingerprint density at radius 1 is 1.12 bits per heavy atom. The highest BCUT2D eigenvalue weighted by Gasteiger charge is 2.03. The average molecular weight is 220 g/mol. The van der Waals surface area contributed by atoms with Crippen molar-refractivity contribution in [3.8, 4) is 11.8 Å². The molecule has 0 saturated carbocycles. The lowest BCUT2D eigenvalue weighted by molar-refractivity contribution is 0.561. The van der Waals surface area contributed by atoms with E-state index in [0.29, 0.717) is 5.58 Å². The van der Waals surface area contributed by atoms with Gasteiger partial charge in [-0.3, -0.25) is 0 Å². The smallest absolute Gasteiger partial charge is 0.336 e. The molecule has 0 atom stereocenters. The summed E-state index contributed by atoms with van der Waals surface area (Å²) in [6.07, 6.45) is 7.61. The van der Waals surface area contributed by atoms with Gasteiger partial charge in [0.1, 0.15) is 5.58 Å². The Hall–Kier alpha value is -2.53. The van der Waals surface area contributed by atoms with Gasteiger partial charge in [-0.25, -0.2) is 4.79 Å². The lowest BCUT2D eigenvalue weighted by atomic mass is 10.0. The molecule has 3 rings (SSSR count). The topological polar surface area (TPSA) is 30.2 Å². The lowest BCUT2D eigenvalue weighted by Crippen LogP contribution is -1.95. The van der Waals surface area contributed by atoms with Gasteiger partial charge in [0.05, 0.1) is 0 Å². The van der Waals surface area contributed by atoms with Crippen molar-refractivity contribution in [3.05, 3.63) is 64.0 Å². The van der Waals surface area contributed by atoms with E-state index in [1.807, 2.05) is 30.4 Å². The van der Waals surface area contributed by atoms with Crippen LogP contribution in [0.2, 0.25) is 0 Å². The van der Waals surface area contributed by atoms with Crippen LogP contribution in [-0.2, 0) is 0 Å². The Bertz CT molecular complexity index is 765. The van der Waals surface area contributed by atoms with Crippen molar-refractivity contribution in [1.82, 2.24) is 0 Å².